The summed E-state index contributed by atoms with van der Waals surface area (Å²) >= 11 is 3.48. The molecule has 1 aromatic rings. The normalized spacial score (nSPS) is 28.2. The third-order valence-corrected chi connectivity index (χ3v) is 5.92. The van der Waals surface area contributed by atoms with Crippen molar-refractivity contribution < 1.29 is 4.79 Å². The van der Waals surface area contributed by atoms with Gasteiger partial charge in [-0.25, -0.2) is 0 Å². The van der Waals surface area contributed by atoms with E-state index in [0.29, 0.717) is 18.4 Å². The van der Waals surface area contributed by atoms with Crippen LogP contribution in [0.3, 0.4) is 0 Å². The molecule has 2 bridgehead atoms. The highest BCUT2D eigenvalue weighted by molar-refractivity contribution is 9.10. The third-order valence-electron chi connectivity index (χ3n) is 5.42. The quantitative estimate of drug-likeness (QED) is 0.768. The molecule has 1 fully saturated rings. The SMILES string of the molecule is O=NC(=O)C1CN=C(Nc2cccc(Br)c2)C2=C1C1CCC2CC1. The van der Waals surface area contributed by atoms with Crippen LogP contribution in [0, 0.1) is 22.7 Å². The van der Waals surface area contributed by atoms with Gasteiger partial charge >= 0.3 is 0 Å². The number of carbonyl (C=O) groups is 1. The molecule has 3 aliphatic carbocycles. The second-order valence-corrected chi connectivity index (χ2v) is 7.64. The van der Waals surface area contributed by atoms with Crippen molar-refractivity contribution in [2.45, 2.75) is 25.7 Å². The first kappa shape index (κ1) is 15.7. The average Bonchev–Trinajstić information content (AvgIpc) is 2.62. The number of amides is 1. The lowest BCUT2D eigenvalue weighted by atomic mass is 9.62. The van der Waals surface area contributed by atoms with Gasteiger partial charge in [-0.2, -0.15) is 0 Å². The van der Waals surface area contributed by atoms with Crippen LogP contribution in [0.25, 0.3) is 0 Å². The summed E-state index contributed by atoms with van der Waals surface area (Å²) in [5.41, 5.74) is 3.27. The van der Waals surface area contributed by atoms with Crippen molar-refractivity contribution >= 4 is 33.4 Å². The molecular formula is C18H18BrN3O2. The lowest BCUT2D eigenvalue weighted by Gasteiger charge is -2.44. The van der Waals surface area contributed by atoms with Gasteiger partial charge in [-0.05, 0) is 66.9 Å². The number of nitrogens with one attached hydrogen (secondary N) is 1. The molecule has 0 aromatic heterocycles. The highest BCUT2D eigenvalue weighted by Gasteiger charge is 2.44. The monoisotopic (exact) mass is 387 g/mol. The van der Waals surface area contributed by atoms with Gasteiger partial charge in [0.25, 0.3) is 5.91 Å². The van der Waals surface area contributed by atoms with Crippen LogP contribution >= 0.6 is 15.9 Å². The fourth-order valence-corrected chi connectivity index (χ4v) is 4.80. The van der Waals surface area contributed by atoms with Gasteiger partial charge in [-0.3, -0.25) is 9.79 Å². The Bertz CT molecular complexity index is 763. The molecule has 1 amide bonds. The van der Waals surface area contributed by atoms with Crippen molar-refractivity contribution in [3.63, 3.8) is 0 Å². The summed E-state index contributed by atoms with van der Waals surface area (Å²) in [5, 5.41) is 6.11. The van der Waals surface area contributed by atoms with Crippen LogP contribution in [0.4, 0.5) is 5.69 Å². The number of amidine groups is 1. The predicted molar refractivity (Wildman–Crippen MR) is 96.8 cm³/mol. The molecule has 0 saturated heterocycles. The first-order valence-corrected chi connectivity index (χ1v) is 9.15. The molecule has 1 unspecified atom stereocenters. The van der Waals surface area contributed by atoms with Crippen molar-refractivity contribution in [1.29, 1.82) is 0 Å². The zero-order valence-corrected chi connectivity index (χ0v) is 14.8. The lowest BCUT2D eigenvalue weighted by molar-refractivity contribution is -0.120. The number of fused-ring (bicyclic) bond motifs is 2. The van der Waals surface area contributed by atoms with Crippen LogP contribution in [-0.4, -0.2) is 18.3 Å². The Morgan fingerprint density at radius 1 is 1.21 bits per heavy atom. The predicted octanol–water partition coefficient (Wildman–Crippen LogP) is 4.30. The van der Waals surface area contributed by atoms with Crippen molar-refractivity contribution in [1.82, 2.24) is 0 Å². The van der Waals surface area contributed by atoms with E-state index in [1.807, 2.05) is 24.3 Å². The van der Waals surface area contributed by atoms with E-state index in [0.717, 1.165) is 47.3 Å². The summed E-state index contributed by atoms with van der Waals surface area (Å²) in [4.78, 5) is 27.4. The Hall–Kier alpha value is -1.82. The van der Waals surface area contributed by atoms with E-state index in [1.54, 1.807) is 0 Å². The molecule has 4 aliphatic rings. The standard InChI is InChI=1S/C18H18BrN3O2/c19-12-2-1-3-13(8-12)21-17-16-11-6-4-10(5-7-11)15(16)14(9-20-17)18(23)22-24/h1-3,8,10-11,14H,4-7,9H2,(H,20,21). The molecule has 1 heterocycles. The fraction of sp³-hybridized carbons (Fsp3) is 0.444. The number of hydrogen-bond acceptors (Lipinski definition) is 4. The van der Waals surface area contributed by atoms with Crippen molar-refractivity contribution in [3.05, 3.63) is 44.8 Å². The fourth-order valence-electron chi connectivity index (χ4n) is 4.40. The molecule has 6 heteroatoms. The lowest BCUT2D eigenvalue weighted by Crippen LogP contribution is -2.40. The Morgan fingerprint density at radius 2 is 1.96 bits per heavy atom. The third kappa shape index (κ3) is 2.62. The number of dihydropyridines is 1. The number of benzene rings is 1. The van der Waals surface area contributed by atoms with Crippen LogP contribution in [-0.2, 0) is 4.79 Å². The molecule has 24 heavy (non-hydrogen) atoms. The number of rotatable bonds is 2. The Balaban J connectivity index is 1.72. The van der Waals surface area contributed by atoms with Crippen LogP contribution < -0.4 is 5.32 Å². The van der Waals surface area contributed by atoms with Crippen molar-refractivity contribution in [2.24, 2.45) is 27.9 Å². The van der Waals surface area contributed by atoms with Crippen LogP contribution in [0.2, 0.25) is 0 Å². The summed E-state index contributed by atoms with van der Waals surface area (Å²) in [7, 11) is 0. The summed E-state index contributed by atoms with van der Waals surface area (Å²) in [5.74, 6) is 0.688. The average molecular weight is 388 g/mol. The largest absolute Gasteiger partial charge is 0.340 e. The maximum absolute atomic E-state index is 12.0. The molecule has 5 rings (SSSR count). The zero-order valence-electron chi connectivity index (χ0n) is 13.2. The van der Waals surface area contributed by atoms with E-state index < -0.39 is 11.8 Å². The van der Waals surface area contributed by atoms with Gasteiger partial charge in [0, 0.05) is 15.3 Å². The first-order chi connectivity index (χ1) is 11.7. The van der Waals surface area contributed by atoms with Gasteiger partial charge in [0.1, 0.15) is 5.84 Å². The van der Waals surface area contributed by atoms with Crippen molar-refractivity contribution in [3.8, 4) is 0 Å². The molecule has 1 N–H and O–H groups in total. The highest BCUT2D eigenvalue weighted by atomic mass is 79.9. The molecule has 1 aliphatic heterocycles. The van der Waals surface area contributed by atoms with Gasteiger partial charge in [0.15, 0.2) is 0 Å². The van der Waals surface area contributed by atoms with Gasteiger partial charge in [0.2, 0.25) is 0 Å². The Kier molecular flexibility index (Phi) is 4.08. The minimum atomic E-state index is -0.569. The van der Waals surface area contributed by atoms with Crippen LogP contribution in [0.15, 0.2) is 50.1 Å². The minimum Gasteiger partial charge on any atom is -0.340 e. The van der Waals surface area contributed by atoms with E-state index in [-0.39, 0.29) is 0 Å². The molecule has 0 spiro atoms. The van der Waals surface area contributed by atoms with E-state index in [9.17, 15) is 9.70 Å². The van der Waals surface area contributed by atoms with E-state index in [2.05, 4.69) is 31.4 Å². The van der Waals surface area contributed by atoms with Gasteiger partial charge in [-0.1, -0.05) is 22.0 Å². The summed E-state index contributed by atoms with van der Waals surface area (Å²) < 4.78 is 1.00. The molecule has 124 valence electrons. The molecule has 5 nitrogen and oxygen atoms in total. The number of aliphatic imine (C=N–C) groups is 1. The molecular weight excluding hydrogens is 370 g/mol. The van der Waals surface area contributed by atoms with E-state index in [4.69, 9.17) is 0 Å². The van der Waals surface area contributed by atoms with Gasteiger partial charge < -0.3 is 5.32 Å². The molecule has 1 atom stereocenters. The smallest absolute Gasteiger partial charge is 0.295 e. The highest BCUT2D eigenvalue weighted by Crippen LogP contribution is 2.49. The van der Waals surface area contributed by atoms with Crippen LogP contribution in [0.5, 0.6) is 0 Å². The topological polar surface area (TPSA) is 70.9 Å². The second kappa shape index (κ2) is 6.24. The minimum absolute atomic E-state index is 0.322. The Labute approximate surface area is 148 Å². The number of carbonyl (C=O) groups excluding carboxylic acids is 1. The van der Waals surface area contributed by atoms with Crippen LogP contribution in [0.1, 0.15) is 25.7 Å². The van der Waals surface area contributed by atoms with Gasteiger partial charge in [-0.15, -0.1) is 4.91 Å². The molecule has 1 aromatic carbocycles. The number of nitrogens with zero attached hydrogens (tertiary/aromatic N) is 2. The molecule has 0 radical (unpaired) electrons. The van der Waals surface area contributed by atoms with E-state index in [1.165, 1.54) is 5.57 Å². The summed E-state index contributed by atoms with van der Waals surface area (Å²) in [6.07, 6.45) is 4.49. The summed E-state index contributed by atoms with van der Waals surface area (Å²) in [6.45, 7) is 0.322. The maximum Gasteiger partial charge on any atom is 0.295 e. The Morgan fingerprint density at radius 3 is 2.67 bits per heavy atom. The second-order valence-electron chi connectivity index (χ2n) is 6.72. The maximum atomic E-state index is 12.0. The van der Waals surface area contributed by atoms with E-state index >= 15 is 0 Å². The summed E-state index contributed by atoms with van der Waals surface area (Å²) in [6, 6.07) is 7.96. The van der Waals surface area contributed by atoms with Gasteiger partial charge in [0.05, 0.1) is 12.5 Å². The number of anilines is 1. The van der Waals surface area contributed by atoms with Crippen molar-refractivity contribution in [2.75, 3.05) is 11.9 Å². The molecule has 1 saturated carbocycles. The zero-order chi connectivity index (χ0) is 16.7. The number of hydrogen-bond donors (Lipinski definition) is 1. The number of nitroso groups, excluding NO2 is 1. The number of halogens is 1. The first-order valence-electron chi connectivity index (χ1n) is 8.36.